The number of halogens is 4. The summed E-state index contributed by atoms with van der Waals surface area (Å²) in [7, 11) is 0. The van der Waals surface area contributed by atoms with E-state index in [2.05, 4.69) is 10.4 Å². The van der Waals surface area contributed by atoms with Crippen LogP contribution in [0.4, 0.5) is 19.0 Å². The second-order valence-electron chi connectivity index (χ2n) is 4.66. The molecule has 0 spiro atoms. The molecule has 1 atom stereocenters. The number of hydrogen-bond donors (Lipinski definition) is 1. The number of amides is 1. The number of anilines is 1. The van der Waals surface area contributed by atoms with Crippen LogP contribution in [0.15, 0.2) is 30.5 Å². The van der Waals surface area contributed by atoms with Gasteiger partial charge in [-0.2, -0.15) is 18.3 Å². The third kappa shape index (κ3) is 2.37. The molecule has 0 unspecified atom stereocenters. The fourth-order valence-electron chi connectivity index (χ4n) is 2.32. The molecule has 4 nitrogen and oxygen atoms in total. The van der Waals surface area contributed by atoms with Crippen LogP contribution in [0.3, 0.4) is 0 Å². The highest BCUT2D eigenvalue weighted by Crippen LogP contribution is 2.44. The summed E-state index contributed by atoms with van der Waals surface area (Å²) in [6, 6.07) is 6.58. The first-order chi connectivity index (χ1) is 9.88. The lowest BCUT2D eigenvalue weighted by Gasteiger charge is -2.25. The Kier molecular flexibility index (Phi) is 3.16. The van der Waals surface area contributed by atoms with Gasteiger partial charge in [0.15, 0.2) is 0 Å². The van der Waals surface area contributed by atoms with E-state index in [1.807, 2.05) is 0 Å². The van der Waals surface area contributed by atoms with Crippen LogP contribution in [0, 0.1) is 0 Å². The Bertz CT molecular complexity index is 711. The van der Waals surface area contributed by atoms with Gasteiger partial charge in [0.25, 0.3) is 0 Å². The molecule has 0 radical (unpaired) electrons. The zero-order chi connectivity index (χ0) is 15.2. The minimum Gasteiger partial charge on any atom is -0.310 e. The first-order valence-corrected chi connectivity index (χ1v) is 6.45. The summed E-state index contributed by atoms with van der Waals surface area (Å²) in [5.41, 5.74) is 0.352. The van der Waals surface area contributed by atoms with E-state index < -0.39 is 24.4 Å². The molecule has 0 fully saturated rings. The highest BCUT2D eigenvalue weighted by Gasteiger charge is 2.46. The average Bonchev–Trinajstić information content (AvgIpc) is 2.80. The zero-order valence-electron chi connectivity index (χ0n) is 10.5. The Morgan fingerprint density at radius 2 is 2.05 bits per heavy atom. The van der Waals surface area contributed by atoms with Gasteiger partial charge in [0.1, 0.15) is 5.82 Å². The monoisotopic (exact) mass is 315 g/mol. The fraction of sp³-hybridized carbons (Fsp3) is 0.231. The van der Waals surface area contributed by atoms with E-state index in [1.54, 1.807) is 24.3 Å². The maximum atomic E-state index is 13.0. The first-order valence-electron chi connectivity index (χ1n) is 6.07. The predicted octanol–water partition coefficient (Wildman–Crippen LogP) is 3.51. The molecule has 21 heavy (non-hydrogen) atoms. The summed E-state index contributed by atoms with van der Waals surface area (Å²) in [6.07, 6.45) is -4.01. The van der Waals surface area contributed by atoms with Gasteiger partial charge >= 0.3 is 6.18 Å². The van der Waals surface area contributed by atoms with Crippen molar-refractivity contribution in [1.29, 1.82) is 0 Å². The van der Waals surface area contributed by atoms with Crippen LogP contribution in [0.25, 0.3) is 5.69 Å². The molecule has 1 amide bonds. The quantitative estimate of drug-likeness (QED) is 0.875. The number of alkyl halides is 3. The molecular formula is C13H9ClF3N3O. The third-order valence-electron chi connectivity index (χ3n) is 3.30. The molecule has 1 aliphatic rings. The number of aromatic nitrogens is 2. The number of carbonyl (C=O) groups excluding carboxylic acids is 1. The average molecular weight is 316 g/mol. The van der Waals surface area contributed by atoms with Crippen molar-refractivity contribution in [2.75, 3.05) is 5.32 Å². The number of hydrogen-bond acceptors (Lipinski definition) is 2. The standard InChI is InChI=1S/C13H9ClF3N3O/c14-9-3-1-2-4-10(9)20-12-7(6-18-20)8(13(15,16)17)5-11(21)19-12/h1-4,6,8H,5H2,(H,19,21)/t8-/m1/s1. The number of rotatable bonds is 1. The SMILES string of the molecule is O=C1C[C@@H](C(F)(F)F)c2cnn(-c3ccccc3Cl)c2N1. The molecule has 1 N–H and O–H groups in total. The minimum absolute atomic E-state index is 0.0154. The van der Waals surface area contributed by atoms with Crippen molar-refractivity contribution < 1.29 is 18.0 Å². The van der Waals surface area contributed by atoms with Gasteiger partial charge in [0, 0.05) is 12.0 Å². The third-order valence-corrected chi connectivity index (χ3v) is 3.62. The van der Waals surface area contributed by atoms with Crippen LogP contribution in [0.2, 0.25) is 5.02 Å². The van der Waals surface area contributed by atoms with Crippen molar-refractivity contribution >= 4 is 23.3 Å². The maximum Gasteiger partial charge on any atom is 0.396 e. The molecule has 2 heterocycles. The van der Waals surface area contributed by atoms with E-state index in [0.29, 0.717) is 10.7 Å². The zero-order valence-corrected chi connectivity index (χ0v) is 11.2. The van der Waals surface area contributed by atoms with Crippen molar-refractivity contribution in [3.05, 3.63) is 41.0 Å². The molecule has 0 saturated heterocycles. The molecule has 0 saturated carbocycles. The summed E-state index contributed by atoms with van der Waals surface area (Å²) in [4.78, 5) is 11.6. The lowest BCUT2D eigenvalue weighted by molar-refractivity contribution is -0.156. The topological polar surface area (TPSA) is 46.9 Å². The van der Waals surface area contributed by atoms with Gasteiger partial charge in [-0.1, -0.05) is 23.7 Å². The number of carbonyl (C=O) groups is 1. The van der Waals surface area contributed by atoms with E-state index in [4.69, 9.17) is 11.6 Å². The number of nitrogens with zero attached hydrogens (tertiary/aromatic N) is 2. The summed E-state index contributed by atoms with van der Waals surface area (Å²) in [5.74, 6) is -2.53. The number of para-hydroxylation sites is 1. The second-order valence-corrected chi connectivity index (χ2v) is 5.07. The van der Waals surface area contributed by atoms with Crippen LogP contribution in [-0.2, 0) is 4.79 Å². The van der Waals surface area contributed by atoms with Gasteiger partial charge < -0.3 is 5.32 Å². The van der Waals surface area contributed by atoms with Crippen molar-refractivity contribution in [1.82, 2.24) is 9.78 Å². The van der Waals surface area contributed by atoms with Crippen LogP contribution in [0.5, 0.6) is 0 Å². The molecule has 0 bridgehead atoms. The maximum absolute atomic E-state index is 13.0. The van der Waals surface area contributed by atoms with E-state index in [9.17, 15) is 18.0 Å². The molecular weight excluding hydrogens is 307 g/mol. The summed E-state index contributed by atoms with van der Waals surface area (Å²) in [6.45, 7) is 0. The lowest BCUT2D eigenvalue weighted by Crippen LogP contribution is -2.31. The lowest BCUT2D eigenvalue weighted by atomic mass is 9.94. The van der Waals surface area contributed by atoms with E-state index in [0.717, 1.165) is 6.20 Å². The number of fused-ring (bicyclic) bond motifs is 1. The van der Waals surface area contributed by atoms with E-state index >= 15 is 0 Å². The molecule has 0 aliphatic carbocycles. The number of benzene rings is 1. The van der Waals surface area contributed by atoms with Crippen molar-refractivity contribution in [3.63, 3.8) is 0 Å². The minimum atomic E-state index is -4.50. The molecule has 3 rings (SSSR count). The normalized spacial score (nSPS) is 18.3. The Labute approximate surface area is 122 Å². The van der Waals surface area contributed by atoms with Gasteiger partial charge in [-0.05, 0) is 12.1 Å². The Morgan fingerprint density at radius 3 is 2.71 bits per heavy atom. The Morgan fingerprint density at radius 1 is 1.33 bits per heavy atom. The summed E-state index contributed by atoms with van der Waals surface area (Å²) in [5, 5.41) is 6.71. The molecule has 1 aromatic heterocycles. The van der Waals surface area contributed by atoms with Crippen molar-refractivity contribution in [3.8, 4) is 5.69 Å². The highest BCUT2D eigenvalue weighted by molar-refractivity contribution is 6.32. The van der Waals surface area contributed by atoms with Gasteiger partial charge in [0.2, 0.25) is 5.91 Å². The van der Waals surface area contributed by atoms with Gasteiger partial charge in [0.05, 0.1) is 22.8 Å². The summed E-state index contributed by atoms with van der Waals surface area (Å²) >= 11 is 6.03. The van der Waals surface area contributed by atoms with Crippen molar-refractivity contribution in [2.45, 2.75) is 18.5 Å². The van der Waals surface area contributed by atoms with Crippen LogP contribution in [-0.4, -0.2) is 21.9 Å². The van der Waals surface area contributed by atoms with Gasteiger partial charge in [-0.15, -0.1) is 0 Å². The van der Waals surface area contributed by atoms with Gasteiger partial charge in [-0.3, -0.25) is 4.79 Å². The second kappa shape index (κ2) is 4.77. The largest absolute Gasteiger partial charge is 0.396 e. The number of nitrogens with one attached hydrogen (secondary N) is 1. The Balaban J connectivity index is 2.15. The molecule has 2 aromatic rings. The summed E-state index contributed by atoms with van der Waals surface area (Å²) < 4.78 is 40.3. The van der Waals surface area contributed by atoms with Crippen LogP contribution >= 0.6 is 11.6 Å². The van der Waals surface area contributed by atoms with Crippen LogP contribution < -0.4 is 5.32 Å². The van der Waals surface area contributed by atoms with E-state index in [1.165, 1.54) is 4.68 Å². The fourth-order valence-corrected chi connectivity index (χ4v) is 2.53. The highest BCUT2D eigenvalue weighted by atomic mass is 35.5. The molecule has 110 valence electrons. The molecule has 8 heteroatoms. The molecule has 1 aliphatic heterocycles. The van der Waals surface area contributed by atoms with Crippen molar-refractivity contribution in [2.24, 2.45) is 0 Å². The predicted molar refractivity (Wildman–Crippen MR) is 70.6 cm³/mol. The van der Waals surface area contributed by atoms with Crippen LogP contribution in [0.1, 0.15) is 17.9 Å². The first kappa shape index (κ1) is 13.9. The molecule has 1 aromatic carbocycles. The van der Waals surface area contributed by atoms with E-state index in [-0.39, 0.29) is 11.4 Å². The van der Waals surface area contributed by atoms with Gasteiger partial charge in [-0.25, -0.2) is 4.68 Å². The Hall–Kier alpha value is -2.02. The smallest absolute Gasteiger partial charge is 0.310 e.